The number of carboxylic acids is 1. The van der Waals surface area contributed by atoms with Crippen molar-refractivity contribution in [3.05, 3.63) is 0 Å². The van der Waals surface area contributed by atoms with Crippen molar-refractivity contribution in [1.29, 1.82) is 0 Å². The van der Waals surface area contributed by atoms with Crippen molar-refractivity contribution in [2.75, 3.05) is 19.6 Å². The van der Waals surface area contributed by atoms with E-state index in [0.29, 0.717) is 0 Å². The summed E-state index contributed by atoms with van der Waals surface area (Å²) in [6.45, 7) is 4.99. The molecule has 0 spiro atoms. The minimum Gasteiger partial charge on any atom is -0.480 e. The second kappa shape index (κ2) is 7.24. The molecule has 0 aromatic heterocycles. The van der Waals surface area contributed by atoms with Crippen molar-refractivity contribution < 1.29 is 14.7 Å². The fourth-order valence-corrected chi connectivity index (χ4v) is 2.24. The molecule has 5 heteroatoms. The molecule has 1 aliphatic heterocycles. The molecule has 2 amide bonds. The number of hydrogen-bond acceptors (Lipinski definition) is 2. The average Bonchev–Trinajstić information content (AvgIpc) is 2.24. The van der Waals surface area contributed by atoms with E-state index in [-0.39, 0.29) is 18.6 Å². The minimum atomic E-state index is -0.955. The lowest BCUT2D eigenvalue weighted by atomic mass is 10.1. The second-order valence-electron chi connectivity index (χ2n) is 5.15. The van der Waals surface area contributed by atoms with Gasteiger partial charge in [0.05, 0.1) is 0 Å². The monoisotopic (exact) mass is 256 g/mol. The summed E-state index contributed by atoms with van der Waals surface area (Å²) < 4.78 is 0. The van der Waals surface area contributed by atoms with E-state index in [9.17, 15) is 9.59 Å². The molecular weight excluding hydrogens is 232 g/mol. The third-order valence-electron chi connectivity index (χ3n) is 3.30. The smallest absolute Gasteiger partial charge is 0.323 e. The number of carbonyl (C=O) groups is 2. The highest BCUT2D eigenvalue weighted by Crippen LogP contribution is 2.13. The molecule has 0 bridgehead atoms. The predicted octanol–water partition coefficient (Wildman–Crippen LogP) is 2.17. The molecule has 0 unspecified atom stereocenters. The summed E-state index contributed by atoms with van der Waals surface area (Å²) in [5.41, 5.74) is 0. The van der Waals surface area contributed by atoms with Crippen LogP contribution in [0, 0.1) is 0 Å². The Morgan fingerprint density at radius 2 is 1.61 bits per heavy atom. The van der Waals surface area contributed by atoms with Gasteiger partial charge in [0.1, 0.15) is 6.54 Å². The van der Waals surface area contributed by atoms with Crippen molar-refractivity contribution in [2.45, 2.75) is 52.0 Å². The van der Waals surface area contributed by atoms with E-state index in [1.807, 2.05) is 18.7 Å². The Morgan fingerprint density at radius 1 is 1.11 bits per heavy atom. The van der Waals surface area contributed by atoms with Crippen LogP contribution < -0.4 is 0 Å². The zero-order chi connectivity index (χ0) is 13.5. The average molecular weight is 256 g/mol. The molecule has 1 aliphatic rings. The van der Waals surface area contributed by atoms with Gasteiger partial charge in [-0.05, 0) is 26.7 Å². The number of rotatable bonds is 3. The van der Waals surface area contributed by atoms with Crippen molar-refractivity contribution in [1.82, 2.24) is 9.80 Å². The lowest BCUT2D eigenvalue weighted by Crippen LogP contribution is -2.49. The predicted molar refractivity (Wildman–Crippen MR) is 69.5 cm³/mol. The van der Waals surface area contributed by atoms with Crippen LogP contribution in [0.15, 0.2) is 0 Å². The number of hydrogen-bond donors (Lipinski definition) is 1. The number of amides is 2. The molecule has 1 saturated heterocycles. The van der Waals surface area contributed by atoms with Crippen molar-refractivity contribution in [2.24, 2.45) is 0 Å². The van der Waals surface area contributed by atoms with E-state index >= 15 is 0 Å². The molecule has 1 heterocycles. The van der Waals surface area contributed by atoms with Gasteiger partial charge in [-0.25, -0.2) is 4.79 Å². The van der Waals surface area contributed by atoms with Crippen LogP contribution in [0.1, 0.15) is 46.0 Å². The van der Waals surface area contributed by atoms with Gasteiger partial charge in [0, 0.05) is 19.1 Å². The maximum Gasteiger partial charge on any atom is 0.323 e. The first kappa shape index (κ1) is 14.8. The molecule has 1 rings (SSSR count). The Balaban J connectivity index is 2.64. The van der Waals surface area contributed by atoms with Gasteiger partial charge in [0.15, 0.2) is 0 Å². The Hall–Kier alpha value is -1.26. The first-order valence-electron chi connectivity index (χ1n) is 6.79. The number of carbonyl (C=O) groups excluding carboxylic acids is 1. The van der Waals surface area contributed by atoms with Gasteiger partial charge in [0.25, 0.3) is 0 Å². The van der Waals surface area contributed by atoms with E-state index in [2.05, 4.69) is 0 Å². The number of likely N-dealkylation sites (tertiary alicyclic amines) is 1. The van der Waals surface area contributed by atoms with Gasteiger partial charge >= 0.3 is 12.0 Å². The highest BCUT2D eigenvalue weighted by molar-refractivity contribution is 5.80. The van der Waals surface area contributed by atoms with Gasteiger partial charge in [-0.2, -0.15) is 0 Å². The molecule has 0 aromatic carbocycles. The molecule has 0 radical (unpaired) electrons. The van der Waals surface area contributed by atoms with Gasteiger partial charge in [-0.3, -0.25) is 4.79 Å². The second-order valence-corrected chi connectivity index (χ2v) is 5.15. The third-order valence-corrected chi connectivity index (χ3v) is 3.30. The van der Waals surface area contributed by atoms with Gasteiger partial charge in [0.2, 0.25) is 0 Å². The quantitative estimate of drug-likeness (QED) is 0.841. The van der Waals surface area contributed by atoms with E-state index in [4.69, 9.17) is 5.11 Å². The zero-order valence-electron chi connectivity index (χ0n) is 11.4. The van der Waals surface area contributed by atoms with Crippen molar-refractivity contribution in [3.63, 3.8) is 0 Å². The number of aliphatic carboxylic acids is 1. The highest BCUT2D eigenvalue weighted by atomic mass is 16.4. The summed E-state index contributed by atoms with van der Waals surface area (Å²) in [5, 5.41) is 8.87. The Kier molecular flexibility index (Phi) is 5.95. The zero-order valence-corrected chi connectivity index (χ0v) is 11.4. The van der Waals surface area contributed by atoms with E-state index < -0.39 is 5.97 Å². The summed E-state index contributed by atoms with van der Waals surface area (Å²) >= 11 is 0. The standard InChI is InChI=1S/C13H24N2O3/c1-11(2)15(10-12(16)17)13(18)14-8-6-4-3-5-7-9-14/h11H,3-10H2,1-2H3,(H,16,17). The number of carboxylic acid groups (broad SMARTS) is 1. The van der Waals surface area contributed by atoms with Crippen LogP contribution in [0.3, 0.4) is 0 Å². The SMILES string of the molecule is CC(C)N(CC(=O)O)C(=O)N1CCCCCCC1. The molecule has 0 atom stereocenters. The lowest BCUT2D eigenvalue weighted by molar-refractivity contribution is -0.138. The molecule has 0 aliphatic carbocycles. The minimum absolute atomic E-state index is 0.0842. The van der Waals surface area contributed by atoms with E-state index in [1.54, 1.807) is 0 Å². The summed E-state index contributed by atoms with van der Waals surface area (Å²) in [5.74, 6) is -0.955. The van der Waals surface area contributed by atoms with Crippen LogP contribution in [0.25, 0.3) is 0 Å². The summed E-state index contributed by atoms with van der Waals surface area (Å²) in [7, 11) is 0. The van der Waals surface area contributed by atoms with Crippen LogP contribution in [-0.2, 0) is 4.79 Å². The molecule has 104 valence electrons. The fraction of sp³-hybridized carbons (Fsp3) is 0.846. The van der Waals surface area contributed by atoms with Crippen LogP contribution >= 0.6 is 0 Å². The Labute approximate surface area is 109 Å². The molecule has 1 N–H and O–H groups in total. The maximum atomic E-state index is 12.3. The molecular formula is C13H24N2O3. The largest absolute Gasteiger partial charge is 0.480 e. The van der Waals surface area contributed by atoms with Crippen LogP contribution in [0.4, 0.5) is 4.79 Å². The van der Waals surface area contributed by atoms with E-state index in [1.165, 1.54) is 11.3 Å². The molecule has 18 heavy (non-hydrogen) atoms. The first-order valence-corrected chi connectivity index (χ1v) is 6.79. The molecule has 0 saturated carbocycles. The molecule has 5 nitrogen and oxygen atoms in total. The number of nitrogens with zero attached hydrogens (tertiary/aromatic N) is 2. The van der Waals surface area contributed by atoms with Gasteiger partial charge < -0.3 is 14.9 Å². The van der Waals surface area contributed by atoms with Crippen LogP contribution in [-0.4, -0.2) is 52.6 Å². The third kappa shape index (κ3) is 4.55. The number of urea groups is 1. The van der Waals surface area contributed by atoms with Gasteiger partial charge in [-0.15, -0.1) is 0 Å². The normalized spacial score (nSPS) is 17.2. The fourth-order valence-electron chi connectivity index (χ4n) is 2.24. The maximum absolute atomic E-state index is 12.3. The Morgan fingerprint density at radius 3 is 2.06 bits per heavy atom. The van der Waals surface area contributed by atoms with Crippen LogP contribution in [0.5, 0.6) is 0 Å². The van der Waals surface area contributed by atoms with Crippen molar-refractivity contribution in [3.8, 4) is 0 Å². The van der Waals surface area contributed by atoms with Crippen molar-refractivity contribution >= 4 is 12.0 Å². The van der Waals surface area contributed by atoms with E-state index in [0.717, 1.165) is 38.8 Å². The first-order chi connectivity index (χ1) is 8.52. The lowest BCUT2D eigenvalue weighted by Gasteiger charge is -2.33. The summed E-state index contributed by atoms with van der Waals surface area (Å²) in [6.07, 6.45) is 5.59. The summed E-state index contributed by atoms with van der Waals surface area (Å²) in [6, 6.07) is -0.214. The molecule has 0 aromatic rings. The highest BCUT2D eigenvalue weighted by Gasteiger charge is 2.25. The Bertz CT molecular complexity index is 284. The summed E-state index contributed by atoms with van der Waals surface area (Å²) in [4.78, 5) is 26.4. The van der Waals surface area contributed by atoms with Crippen LogP contribution in [0.2, 0.25) is 0 Å². The molecule has 1 fully saturated rings. The topological polar surface area (TPSA) is 60.9 Å². The van der Waals surface area contributed by atoms with Gasteiger partial charge in [-0.1, -0.05) is 19.3 Å².